The maximum absolute atomic E-state index is 11.9. The van der Waals surface area contributed by atoms with Crippen molar-refractivity contribution in [3.05, 3.63) is 28.7 Å². The van der Waals surface area contributed by atoms with Crippen LogP contribution in [0.5, 0.6) is 5.75 Å². The molecule has 6 heteroatoms. The second-order valence-electron chi connectivity index (χ2n) is 3.23. The molecule has 84 valence electrons. The molecule has 1 aromatic carbocycles. The van der Waals surface area contributed by atoms with Crippen LogP contribution in [0.2, 0.25) is 0 Å². The minimum absolute atomic E-state index is 0.0760. The number of carbonyl (C=O) groups is 1. The molecule has 1 N–H and O–H groups in total. The standard InChI is InChI=1S/C10H8O5S/c1-15-10(12)9-4-6-2-3-7(11)5-8(6)16(9,13)14/h2-5,11H,1H3. The Balaban J connectivity index is 2.65. The number of fused-ring (bicyclic) bond motifs is 1. The average Bonchev–Trinajstić information content (AvgIpc) is 2.50. The molecule has 1 aliphatic rings. The first-order valence-electron chi connectivity index (χ1n) is 4.35. The van der Waals surface area contributed by atoms with E-state index >= 15 is 0 Å². The largest absolute Gasteiger partial charge is 0.508 e. The molecule has 2 rings (SSSR count). The Morgan fingerprint density at radius 1 is 1.38 bits per heavy atom. The molecule has 0 bridgehead atoms. The summed E-state index contributed by atoms with van der Waals surface area (Å²) in [5, 5.41) is 9.21. The van der Waals surface area contributed by atoms with Crippen LogP contribution in [0, 0.1) is 0 Å². The minimum atomic E-state index is -3.85. The molecule has 0 radical (unpaired) electrons. The predicted molar refractivity (Wildman–Crippen MR) is 55.3 cm³/mol. The van der Waals surface area contributed by atoms with Crippen LogP contribution < -0.4 is 0 Å². The third-order valence-electron chi connectivity index (χ3n) is 2.25. The number of esters is 1. The number of rotatable bonds is 1. The summed E-state index contributed by atoms with van der Waals surface area (Å²) in [4.78, 5) is 10.8. The lowest BCUT2D eigenvalue weighted by atomic mass is 10.2. The van der Waals surface area contributed by atoms with E-state index in [4.69, 9.17) is 0 Å². The number of benzene rings is 1. The lowest BCUT2D eigenvalue weighted by molar-refractivity contribution is -0.135. The number of hydrogen-bond donors (Lipinski definition) is 1. The molecule has 16 heavy (non-hydrogen) atoms. The third-order valence-corrected chi connectivity index (χ3v) is 4.05. The van der Waals surface area contributed by atoms with Crippen LogP contribution in [-0.4, -0.2) is 26.6 Å². The van der Waals surface area contributed by atoms with Crippen molar-refractivity contribution in [3.8, 4) is 5.75 Å². The molecule has 0 unspecified atom stereocenters. The van der Waals surface area contributed by atoms with Crippen LogP contribution in [0.4, 0.5) is 0 Å². The third kappa shape index (κ3) is 1.38. The number of ether oxygens (including phenoxy) is 1. The summed E-state index contributed by atoms with van der Waals surface area (Å²) < 4.78 is 28.1. The summed E-state index contributed by atoms with van der Waals surface area (Å²) >= 11 is 0. The van der Waals surface area contributed by atoms with Crippen molar-refractivity contribution in [2.24, 2.45) is 0 Å². The van der Waals surface area contributed by atoms with E-state index in [1.807, 2.05) is 0 Å². The van der Waals surface area contributed by atoms with Gasteiger partial charge in [-0.3, -0.25) is 0 Å². The number of phenols is 1. The zero-order chi connectivity index (χ0) is 11.9. The highest BCUT2D eigenvalue weighted by molar-refractivity contribution is 7.96. The van der Waals surface area contributed by atoms with Gasteiger partial charge in [-0.2, -0.15) is 0 Å². The van der Waals surface area contributed by atoms with Gasteiger partial charge in [-0.25, -0.2) is 13.2 Å². The molecule has 0 fully saturated rings. The fourth-order valence-corrected chi connectivity index (χ4v) is 3.02. The van der Waals surface area contributed by atoms with Gasteiger partial charge in [-0.05, 0) is 29.8 Å². The van der Waals surface area contributed by atoms with Gasteiger partial charge in [0.15, 0.2) is 4.91 Å². The first kappa shape index (κ1) is 10.7. The van der Waals surface area contributed by atoms with E-state index in [1.54, 1.807) is 0 Å². The van der Waals surface area contributed by atoms with Crippen molar-refractivity contribution in [2.75, 3.05) is 7.11 Å². The average molecular weight is 240 g/mol. The Kier molecular flexibility index (Phi) is 2.23. The molecule has 0 atom stereocenters. The Morgan fingerprint density at radius 3 is 2.69 bits per heavy atom. The molecular weight excluding hydrogens is 232 g/mol. The second kappa shape index (κ2) is 3.34. The van der Waals surface area contributed by atoms with Gasteiger partial charge in [0.2, 0.25) is 9.84 Å². The first-order chi connectivity index (χ1) is 7.46. The van der Waals surface area contributed by atoms with E-state index in [2.05, 4.69) is 4.74 Å². The van der Waals surface area contributed by atoms with Crippen molar-refractivity contribution in [2.45, 2.75) is 4.90 Å². The fraction of sp³-hybridized carbons (Fsp3) is 0.100. The van der Waals surface area contributed by atoms with E-state index in [0.717, 1.165) is 13.2 Å². The maximum Gasteiger partial charge on any atom is 0.349 e. The zero-order valence-corrected chi connectivity index (χ0v) is 9.11. The molecule has 0 aromatic heterocycles. The molecule has 0 aliphatic carbocycles. The zero-order valence-electron chi connectivity index (χ0n) is 8.30. The van der Waals surface area contributed by atoms with Crippen molar-refractivity contribution in [1.82, 2.24) is 0 Å². The monoisotopic (exact) mass is 240 g/mol. The molecule has 1 aliphatic heterocycles. The van der Waals surface area contributed by atoms with Gasteiger partial charge < -0.3 is 9.84 Å². The fourth-order valence-electron chi connectivity index (χ4n) is 1.48. The predicted octanol–water partition coefficient (Wildman–Crippen LogP) is 0.693. The quantitative estimate of drug-likeness (QED) is 0.730. The number of phenolic OH excluding ortho intramolecular Hbond substituents is 1. The van der Waals surface area contributed by atoms with Gasteiger partial charge in [-0.15, -0.1) is 0 Å². The molecule has 0 saturated carbocycles. The summed E-state index contributed by atoms with van der Waals surface area (Å²) in [5.74, 6) is -1.07. The first-order valence-corrected chi connectivity index (χ1v) is 5.83. The molecule has 5 nitrogen and oxygen atoms in total. The normalized spacial score (nSPS) is 16.4. The summed E-state index contributed by atoms with van der Waals surface area (Å²) in [5.41, 5.74) is 0.373. The molecule has 1 aromatic rings. The van der Waals surface area contributed by atoms with Crippen LogP contribution in [0.1, 0.15) is 5.56 Å². The van der Waals surface area contributed by atoms with Crippen LogP contribution in [0.25, 0.3) is 6.08 Å². The SMILES string of the molecule is COC(=O)C1=Cc2ccc(O)cc2S1(=O)=O. The Bertz CT molecular complexity index is 598. The van der Waals surface area contributed by atoms with Gasteiger partial charge >= 0.3 is 5.97 Å². The lowest BCUT2D eigenvalue weighted by Crippen LogP contribution is -2.11. The van der Waals surface area contributed by atoms with Gasteiger partial charge in [0, 0.05) is 0 Å². The van der Waals surface area contributed by atoms with Crippen molar-refractivity contribution < 1.29 is 23.1 Å². The summed E-state index contributed by atoms with van der Waals surface area (Å²) in [6.07, 6.45) is 1.23. The second-order valence-corrected chi connectivity index (χ2v) is 5.11. The van der Waals surface area contributed by atoms with Gasteiger partial charge in [0.25, 0.3) is 0 Å². The number of methoxy groups -OCH3 is 1. The minimum Gasteiger partial charge on any atom is -0.508 e. The molecular formula is C10H8O5S. The molecule has 0 saturated heterocycles. The van der Waals surface area contributed by atoms with E-state index < -0.39 is 20.7 Å². The van der Waals surface area contributed by atoms with E-state index in [1.165, 1.54) is 18.2 Å². The van der Waals surface area contributed by atoms with Crippen molar-refractivity contribution >= 4 is 21.9 Å². The van der Waals surface area contributed by atoms with E-state index in [9.17, 15) is 18.3 Å². The van der Waals surface area contributed by atoms with Crippen molar-refractivity contribution in [3.63, 3.8) is 0 Å². The summed E-state index contributed by atoms with van der Waals surface area (Å²) in [6.45, 7) is 0. The number of carbonyl (C=O) groups excluding carboxylic acids is 1. The molecule has 0 spiro atoms. The van der Waals surface area contributed by atoms with Crippen LogP contribution in [-0.2, 0) is 19.4 Å². The number of sulfone groups is 1. The topological polar surface area (TPSA) is 80.7 Å². The van der Waals surface area contributed by atoms with Crippen molar-refractivity contribution in [1.29, 1.82) is 0 Å². The number of hydrogen-bond acceptors (Lipinski definition) is 5. The highest BCUT2D eigenvalue weighted by Gasteiger charge is 2.35. The Morgan fingerprint density at radius 2 is 2.06 bits per heavy atom. The Labute approximate surface area is 91.9 Å². The van der Waals surface area contributed by atoms with Crippen LogP contribution in [0.3, 0.4) is 0 Å². The summed E-state index contributed by atoms with van der Waals surface area (Å²) in [6, 6.07) is 3.89. The Hall–Kier alpha value is -1.82. The van der Waals surface area contributed by atoms with E-state index in [0.29, 0.717) is 5.56 Å². The highest BCUT2D eigenvalue weighted by atomic mass is 32.2. The van der Waals surface area contributed by atoms with Crippen LogP contribution >= 0.6 is 0 Å². The lowest BCUT2D eigenvalue weighted by Gasteiger charge is -2.01. The molecule has 0 amide bonds. The highest BCUT2D eigenvalue weighted by Crippen LogP contribution is 2.35. The van der Waals surface area contributed by atoms with Crippen LogP contribution in [0.15, 0.2) is 28.0 Å². The van der Waals surface area contributed by atoms with Gasteiger partial charge in [0.1, 0.15) is 5.75 Å². The van der Waals surface area contributed by atoms with E-state index in [-0.39, 0.29) is 10.6 Å². The van der Waals surface area contributed by atoms with Gasteiger partial charge in [-0.1, -0.05) is 0 Å². The smallest absolute Gasteiger partial charge is 0.349 e. The number of aromatic hydroxyl groups is 1. The summed E-state index contributed by atoms with van der Waals surface area (Å²) in [7, 11) is -2.74. The maximum atomic E-state index is 11.9. The van der Waals surface area contributed by atoms with Gasteiger partial charge in [0.05, 0.1) is 12.0 Å². The molecule has 1 heterocycles.